The standard InChI is InChI=1S/C13H17N3O/c1-9-4-5-10(2)12(6-9)16(3)8-11-7-13(14)15-17-11/h4-7H,8H2,1-3H3,(H2,14,15). The molecule has 17 heavy (non-hydrogen) atoms. The number of nitrogen functional groups attached to an aromatic ring is 1. The van der Waals surface area contributed by atoms with E-state index in [1.54, 1.807) is 6.07 Å². The van der Waals surface area contributed by atoms with E-state index in [0.29, 0.717) is 12.4 Å². The first-order valence-corrected chi connectivity index (χ1v) is 5.55. The molecule has 0 saturated heterocycles. The summed E-state index contributed by atoms with van der Waals surface area (Å²) in [4.78, 5) is 2.13. The molecule has 0 spiro atoms. The minimum atomic E-state index is 0.425. The number of nitrogens with two attached hydrogens (primary N) is 1. The summed E-state index contributed by atoms with van der Waals surface area (Å²) in [5.41, 5.74) is 9.20. The molecule has 1 aromatic heterocycles. The normalized spacial score (nSPS) is 10.5. The van der Waals surface area contributed by atoms with Crippen molar-refractivity contribution in [3.63, 3.8) is 0 Å². The maximum Gasteiger partial charge on any atom is 0.167 e. The van der Waals surface area contributed by atoms with Gasteiger partial charge in [0, 0.05) is 18.8 Å². The topological polar surface area (TPSA) is 55.3 Å². The van der Waals surface area contributed by atoms with Crippen LogP contribution in [0.4, 0.5) is 11.5 Å². The molecule has 0 amide bonds. The average molecular weight is 231 g/mol. The van der Waals surface area contributed by atoms with Crippen LogP contribution in [0.2, 0.25) is 0 Å². The van der Waals surface area contributed by atoms with E-state index in [-0.39, 0.29) is 0 Å². The lowest BCUT2D eigenvalue weighted by molar-refractivity contribution is 0.385. The zero-order valence-electron chi connectivity index (χ0n) is 10.4. The van der Waals surface area contributed by atoms with Crippen molar-refractivity contribution in [3.8, 4) is 0 Å². The summed E-state index contributed by atoms with van der Waals surface area (Å²) in [6, 6.07) is 8.14. The van der Waals surface area contributed by atoms with Crippen LogP contribution in [-0.4, -0.2) is 12.2 Å². The van der Waals surface area contributed by atoms with Gasteiger partial charge in [-0.25, -0.2) is 0 Å². The molecule has 2 aromatic rings. The summed E-state index contributed by atoms with van der Waals surface area (Å²) in [6.07, 6.45) is 0. The Hall–Kier alpha value is -1.97. The van der Waals surface area contributed by atoms with Crippen molar-refractivity contribution in [3.05, 3.63) is 41.2 Å². The fourth-order valence-electron chi connectivity index (χ4n) is 1.85. The molecule has 0 aliphatic rings. The van der Waals surface area contributed by atoms with Crippen molar-refractivity contribution in [2.45, 2.75) is 20.4 Å². The first-order chi connectivity index (χ1) is 8.06. The predicted octanol–water partition coefficient (Wildman–Crippen LogP) is 2.51. The number of aromatic nitrogens is 1. The van der Waals surface area contributed by atoms with Gasteiger partial charge in [-0.3, -0.25) is 0 Å². The fourth-order valence-corrected chi connectivity index (χ4v) is 1.85. The van der Waals surface area contributed by atoms with Crippen molar-refractivity contribution in [2.75, 3.05) is 17.7 Å². The Labute approximate surface area is 101 Å². The first-order valence-electron chi connectivity index (χ1n) is 5.55. The zero-order chi connectivity index (χ0) is 12.4. The lowest BCUT2D eigenvalue weighted by atomic mass is 10.1. The number of aryl methyl sites for hydroxylation is 2. The first kappa shape index (κ1) is 11.5. The largest absolute Gasteiger partial charge is 0.381 e. The third-order valence-electron chi connectivity index (χ3n) is 2.75. The quantitative estimate of drug-likeness (QED) is 0.881. The molecule has 0 bridgehead atoms. The second-order valence-electron chi connectivity index (χ2n) is 4.36. The maximum absolute atomic E-state index is 5.52. The maximum atomic E-state index is 5.52. The van der Waals surface area contributed by atoms with E-state index in [9.17, 15) is 0 Å². The van der Waals surface area contributed by atoms with Gasteiger partial charge in [-0.05, 0) is 31.0 Å². The minimum absolute atomic E-state index is 0.425. The molecular formula is C13H17N3O. The van der Waals surface area contributed by atoms with Gasteiger partial charge >= 0.3 is 0 Å². The van der Waals surface area contributed by atoms with Crippen molar-refractivity contribution >= 4 is 11.5 Å². The van der Waals surface area contributed by atoms with Crippen LogP contribution in [0, 0.1) is 13.8 Å². The average Bonchev–Trinajstić information content (AvgIpc) is 2.67. The van der Waals surface area contributed by atoms with Gasteiger partial charge < -0.3 is 15.2 Å². The van der Waals surface area contributed by atoms with Gasteiger partial charge in [0.15, 0.2) is 11.6 Å². The van der Waals surface area contributed by atoms with Gasteiger partial charge in [0.2, 0.25) is 0 Å². The number of anilines is 2. The Morgan fingerprint density at radius 1 is 1.29 bits per heavy atom. The molecule has 0 fully saturated rings. The Bertz CT molecular complexity index is 519. The second kappa shape index (κ2) is 4.49. The Morgan fingerprint density at radius 3 is 2.71 bits per heavy atom. The summed E-state index contributed by atoms with van der Waals surface area (Å²) in [7, 11) is 2.03. The highest BCUT2D eigenvalue weighted by atomic mass is 16.5. The Balaban J connectivity index is 2.19. The van der Waals surface area contributed by atoms with Crippen molar-refractivity contribution in [1.29, 1.82) is 0 Å². The lowest BCUT2D eigenvalue weighted by Gasteiger charge is -2.20. The molecule has 90 valence electrons. The summed E-state index contributed by atoms with van der Waals surface area (Å²) in [6.45, 7) is 4.84. The highest BCUT2D eigenvalue weighted by Crippen LogP contribution is 2.22. The van der Waals surface area contributed by atoms with Crippen LogP contribution in [0.5, 0.6) is 0 Å². The molecule has 2 rings (SSSR count). The summed E-state index contributed by atoms with van der Waals surface area (Å²) < 4.78 is 5.11. The molecule has 0 aliphatic carbocycles. The Kier molecular flexibility index (Phi) is 3.04. The molecule has 1 aromatic carbocycles. The van der Waals surface area contributed by atoms with Crippen molar-refractivity contribution in [2.24, 2.45) is 0 Å². The highest BCUT2D eigenvalue weighted by molar-refractivity contribution is 5.54. The monoisotopic (exact) mass is 231 g/mol. The van der Waals surface area contributed by atoms with Crippen molar-refractivity contribution in [1.82, 2.24) is 5.16 Å². The van der Waals surface area contributed by atoms with Crippen LogP contribution in [0.25, 0.3) is 0 Å². The Morgan fingerprint density at radius 2 is 2.06 bits per heavy atom. The van der Waals surface area contributed by atoms with Gasteiger partial charge in [-0.15, -0.1) is 0 Å². The molecule has 2 N–H and O–H groups in total. The van der Waals surface area contributed by atoms with Gasteiger partial charge in [0.05, 0.1) is 6.54 Å². The van der Waals surface area contributed by atoms with Crippen LogP contribution in [0.15, 0.2) is 28.8 Å². The summed E-state index contributed by atoms with van der Waals surface area (Å²) in [5, 5.41) is 3.68. The van der Waals surface area contributed by atoms with Crippen LogP contribution in [-0.2, 0) is 6.54 Å². The van der Waals surface area contributed by atoms with E-state index in [0.717, 1.165) is 5.76 Å². The summed E-state index contributed by atoms with van der Waals surface area (Å²) >= 11 is 0. The van der Waals surface area contributed by atoms with E-state index < -0.39 is 0 Å². The minimum Gasteiger partial charge on any atom is -0.381 e. The van der Waals surface area contributed by atoms with Crippen LogP contribution >= 0.6 is 0 Å². The number of hydrogen-bond acceptors (Lipinski definition) is 4. The number of nitrogens with zero attached hydrogens (tertiary/aromatic N) is 2. The predicted molar refractivity (Wildman–Crippen MR) is 68.9 cm³/mol. The van der Waals surface area contributed by atoms with E-state index in [1.165, 1.54) is 16.8 Å². The van der Waals surface area contributed by atoms with Crippen LogP contribution in [0.3, 0.4) is 0 Å². The fraction of sp³-hybridized carbons (Fsp3) is 0.308. The van der Waals surface area contributed by atoms with Crippen LogP contribution < -0.4 is 10.6 Å². The van der Waals surface area contributed by atoms with Crippen molar-refractivity contribution < 1.29 is 4.52 Å². The van der Waals surface area contributed by atoms with E-state index in [4.69, 9.17) is 10.3 Å². The van der Waals surface area contributed by atoms with E-state index in [1.807, 2.05) is 7.05 Å². The molecule has 4 nitrogen and oxygen atoms in total. The SMILES string of the molecule is Cc1ccc(C)c(N(C)Cc2cc(N)no2)c1. The molecular weight excluding hydrogens is 214 g/mol. The van der Waals surface area contributed by atoms with E-state index in [2.05, 4.69) is 42.1 Å². The molecule has 0 unspecified atom stereocenters. The molecule has 4 heteroatoms. The zero-order valence-corrected chi connectivity index (χ0v) is 10.4. The third kappa shape index (κ3) is 2.58. The van der Waals surface area contributed by atoms with Gasteiger partial charge in [-0.1, -0.05) is 17.3 Å². The molecule has 0 aliphatic heterocycles. The highest BCUT2D eigenvalue weighted by Gasteiger charge is 2.08. The van der Waals surface area contributed by atoms with Crippen LogP contribution in [0.1, 0.15) is 16.9 Å². The van der Waals surface area contributed by atoms with Gasteiger partial charge in [0.25, 0.3) is 0 Å². The number of hydrogen-bond donors (Lipinski definition) is 1. The molecule has 1 heterocycles. The summed E-state index contributed by atoms with van der Waals surface area (Å²) in [5.74, 6) is 1.19. The number of rotatable bonds is 3. The lowest BCUT2D eigenvalue weighted by Crippen LogP contribution is -2.17. The molecule has 0 saturated carbocycles. The number of benzene rings is 1. The smallest absolute Gasteiger partial charge is 0.167 e. The molecule has 0 atom stereocenters. The molecule has 0 radical (unpaired) electrons. The van der Waals surface area contributed by atoms with E-state index >= 15 is 0 Å². The van der Waals surface area contributed by atoms with Gasteiger partial charge in [0.1, 0.15) is 0 Å². The third-order valence-corrected chi connectivity index (χ3v) is 2.75. The van der Waals surface area contributed by atoms with Gasteiger partial charge in [-0.2, -0.15) is 0 Å². The second-order valence-corrected chi connectivity index (χ2v) is 4.36.